The summed E-state index contributed by atoms with van der Waals surface area (Å²) in [6.07, 6.45) is -0.353. The number of carbonyl (C=O) groups excluding carboxylic acids is 2. The molecule has 1 amide bonds. The van der Waals surface area contributed by atoms with Gasteiger partial charge in [0.05, 0.1) is 63.2 Å². The van der Waals surface area contributed by atoms with Crippen LogP contribution in [0.4, 0.5) is 5.13 Å². The molecule has 0 radical (unpaired) electrons. The van der Waals surface area contributed by atoms with E-state index in [1.807, 2.05) is 41.5 Å². The molecular weight excluding hydrogens is 727 g/mol. The molecule has 2 aromatic carbocycles. The summed E-state index contributed by atoms with van der Waals surface area (Å²) >= 11 is 1.23. The van der Waals surface area contributed by atoms with Gasteiger partial charge < -0.3 is 42.2 Å². The van der Waals surface area contributed by atoms with E-state index in [1.165, 1.54) is 18.4 Å². The van der Waals surface area contributed by atoms with Crippen LogP contribution >= 0.6 is 18.9 Å². The fourth-order valence-electron chi connectivity index (χ4n) is 4.66. The Hall–Kier alpha value is -3.72. The molecule has 14 nitrogen and oxygen atoms in total. The molecule has 2 atom stereocenters. The molecule has 3 rings (SSSR count). The summed E-state index contributed by atoms with van der Waals surface area (Å²) in [5.74, 6) is 1.34. The van der Waals surface area contributed by atoms with Crippen molar-refractivity contribution in [3.63, 3.8) is 0 Å². The Morgan fingerprint density at radius 1 is 0.717 bits per heavy atom. The highest BCUT2D eigenvalue weighted by Gasteiger charge is 2.26. The summed E-state index contributed by atoms with van der Waals surface area (Å²) < 4.78 is 61.2. The van der Waals surface area contributed by atoms with Gasteiger partial charge in [0.25, 0.3) is 5.91 Å². The second kappa shape index (κ2) is 23.1. The Labute approximate surface area is 317 Å². The van der Waals surface area contributed by atoms with Crippen LogP contribution in [0.25, 0.3) is 0 Å². The van der Waals surface area contributed by atoms with E-state index in [0.717, 1.165) is 0 Å². The number of anilines is 1. The van der Waals surface area contributed by atoms with Crippen LogP contribution in [0.5, 0.6) is 23.0 Å². The maximum atomic E-state index is 12.9. The van der Waals surface area contributed by atoms with Crippen LogP contribution in [0, 0.1) is 0 Å². The van der Waals surface area contributed by atoms with Crippen molar-refractivity contribution in [1.82, 2.24) is 4.98 Å². The van der Waals surface area contributed by atoms with Gasteiger partial charge >= 0.3 is 13.6 Å². The van der Waals surface area contributed by atoms with Crippen molar-refractivity contribution >= 4 is 35.9 Å². The predicted molar refractivity (Wildman–Crippen MR) is 204 cm³/mol. The third-order valence-electron chi connectivity index (χ3n) is 6.44. The number of benzene rings is 2. The van der Waals surface area contributed by atoms with Gasteiger partial charge in [-0.15, -0.1) is 11.3 Å². The molecule has 1 heterocycles. The fourth-order valence-corrected chi connectivity index (χ4v) is 7.09. The maximum Gasteiger partial charge on any atom is 0.338 e. The van der Waals surface area contributed by atoms with Gasteiger partial charge in [0.2, 0.25) is 0 Å². The lowest BCUT2D eigenvalue weighted by Gasteiger charge is -2.17. The van der Waals surface area contributed by atoms with Crippen molar-refractivity contribution in [2.75, 3.05) is 53.1 Å². The van der Waals surface area contributed by atoms with Crippen molar-refractivity contribution in [1.29, 1.82) is 0 Å². The van der Waals surface area contributed by atoms with Gasteiger partial charge in [0.15, 0.2) is 5.13 Å². The van der Waals surface area contributed by atoms with Gasteiger partial charge in [0.1, 0.15) is 35.2 Å². The quantitative estimate of drug-likeness (QED) is 0.0818. The molecule has 0 aliphatic rings. The standard InChI is InChI=1S/C22H33N2O7PS.C15H22O5/c1-7-28-32(26,29-8-2)13-18-14-33-22(23-18)24-21(25)17-9-19(30-15(3)4)11-20(10-17)31-16(5)12-27-6;1-10(2)19-13-6-12(15(16)18-5)7-14(8-13)20-11(3)9-17-4/h9-11,14-16H,7-8,12-13H2,1-6H3,(H,23,24,25);6-8,10-11H,9H2,1-5H3/t16-;11-/m00/s1. The average Bonchev–Trinajstić information content (AvgIpc) is 3.49. The maximum absolute atomic E-state index is 12.9. The van der Waals surface area contributed by atoms with Crippen LogP contribution in [0.15, 0.2) is 41.8 Å². The SMILES string of the molecule is CCOP(=O)(Cc1csc(NC(=O)c2cc(OC(C)C)cc(O[C@@H](C)COC)c2)n1)OCC.COC[C@H](C)Oc1cc(OC(C)C)cc(C(=O)OC)c1. The largest absolute Gasteiger partial charge is 0.491 e. The Morgan fingerprint density at radius 2 is 1.17 bits per heavy atom. The number of rotatable bonds is 21. The predicted octanol–water partition coefficient (Wildman–Crippen LogP) is 8.04. The Morgan fingerprint density at radius 3 is 1.58 bits per heavy atom. The minimum atomic E-state index is -3.28. The molecule has 3 aromatic rings. The molecule has 0 aliphatic heterocycles. The number of carbonyl (C=O) groups is 2. The highest BCUT2D eigenvalue weighted by Crippen LogP contribution is 2.51. The van der Waals surface area contributed by atoms with Gasteiger partial charge in [-0.25, -0.2) is 9.78 Å². The number of nitrogens with one attached hydrogen (secondary N) is 1. The van der Waals surface area contributed by atoms with E-state index in [2.05, 4.69) is 10.3 Å². The lowest BCUT2D eigenvalue weighted by Crippen LogP contribution is -2.19. The first kappa shape index (κ1) is 45.4. The summed E-state index contributed by atoms with van der Waals surface area (Å²) in [6, 6.07) is 10.0. The van der Waals surface area contributed by atoms with Gasteiger partial charge in [-0.3, -0.25) is 14.7 Å². The Balaban J connectivity index is 0.000000415. The summed E-state index contributed by atoms with van der Waals surface area (Å²) in [5, 5.41) is 4.87. The van der Waals surface area contributed by atoms with Crippen molar-refractivity contribution < 1.29 is 56.4 Å². The summed E-state index contributed by atoms with van der Waals surface area (Å²) in [5.41, 5.74) is 1.28. The average molecular weight is 783 g/mol. The van der Waals surface area contributed by atoms with Gasteiger partial charge in [-0.05, 0) is 79.7 Å². The third kappa shape index (κ3) is 16.9. The topological polar surface area (TPSA) is 159 Å². The number of nitrogens with zero attached hydrogens (tertiary/aromatic N) is 1. The van der Waals surface area contributed by atoms with Crippen molar-refractivity contribution in [3.05, 3.63) is 58.6 Å². The van der Waals surface area contributed by atoms with Crippen LogP contribution < -0.4 is 24.3 Å². The fraction of sp³-hybridized carbons (Fsp3) is 0.541. The minimum absolute atomic E-state index is 0.00662. The summed E-state index contributed by atoms with van der Waals surface area (Å²) in [6.45, 7) is 16.3. The van der Waals surface area contributed by atoms with Crippen LogP contribution in [-0.4, -0.2) is 89.0 Å². The first-order valence-electron chi connectivity index (χ1n) is 17.3. The molecule has 16 heteroatoms. The minimum Gasteiger partial charge on any atom is -0.491 e. The first-order chi connectivity index (χ1) is 25.1. The molecule has 53 heavy (non-hydrogen) atoms. The number of methoxy groups -OCH3 is 3. The second-order valence-electron chi connectivity index (χ2n) is 12.2. The number of amides is 1. The van der Waals surface area contributed by atoms with Crippen LogP contribution in [0.3, 0.4) is 0 Å². The number of hydrogen-bond acceptors (Lipinski definition) is 14. The molecule has 0 spiro atoms. The van der Waals surface area contributed by atoms with Gasteiger partial charge in [-0.1, -0.05) is 0 Å². The molecule has 0 fully saturated rings. The summed E-state index contributed by atoms with van der Waals surface area (Å²) in [4.78, 5) is 29.0. The van der Waals surface area contributed by atoms with E-state index in [-0.39, 0.29) is 49.7 Å². The lowest BCUT2D eigenvalue weighted by atomic mass is 10.2. The molecule has 0 unspecified atom stereocenters. The zero-order valence-corrected chi connectivity index (χ0v) is 34.3. The molecule has 0 aliphatic carbocycles. The van der Waals surface area contributed by atoms with Crippen molar-refractivity contribution in [2.45, 2.75) is 86.0 Å². The number of esters is 1. The van der Waals surface area contributed by atoms with Gasteiger partial charge in [-0.2, -0.15) is 0 Å². The Kier molecular flexibility index (Phi) is 19.8. The second-order valence-corrected chi connectivity index (χ2v) is 15.1. The van der Waals surface area contributed by atoms with Gasteiger partial charge in [0, 0.05) is 37.3 Å². The van der Waals surface area contributed by atoms with Crippen LogP contribution in [-0.2, 0) is 34.0 Å². The van der Waals surface area contributed by atoms with Crippen LogP contribution in [0.2, 0.25) is 0 Å². The first-order valence-corrected chi connectivity index (χ1v) is 19.9. The molecule has 0 bridgehead atoms. The zero-order valence-electron chi connectivity index (χ0n) is 32.6. The van der Waals surface area contributed by atoms with E-state index in [4.69, 9.17) is 42.2 Å². The molecule has 296 valence electrons. The zero-order chi connectivity index (χ0) is 39.6. The van der Waals surface area contributed by atoms with E-state index in [9.17, 15) is 14.2 Å². The highest BCUT2D eigenvalue weighted by atomic mass is 32.1. The summed E-state index contributed by atoms with van der Waals surface area (Å²) in [7, 11) is 1.27. The molecule has 1 N–H and O–H groups in total. The lowest BCUT2D eigenvalue weighted by molar-refractivity contribution is 0.0597. The molecular formula is C37H55N2O12PS. The van der Waals surface area contributed by atoms with E-state index in [0.29, 0.717) is 58.2 Å². The van der Waals surface area contributed by atoms with E-state index < -0.39 is 13.6 Å². The Bertz CT molecular complexity index is 1610. The molecule has 0 saturated heterocycles. The normalized spacial score (nSPS) is 12.4. The number of aromatic nitrogens is 1. The number of ether oxygens (including phenoxy) is 7. The number of thiazole rings is 1. The van der Waals surface area contributed by atoms with E-state index in [1.54, 1.807) is 69.8 Å². The smallest absolute Gasteiger partial charge is 0.338 e. The van der Waals surface area contributed by atoms with E-state index >= 15 is 0 Å². The van der Waals surface area contributed by atoms with Crippen molar-refractivity contribution in [2.24, 2.45) is 0 Å². The molecule has 1 aromatic heterocycles. The molecule has 0 saturated carbocycles. The highest BCUT2D eigenvalue weighted by molar-refractivity contribution is 7.53. The third-order valence-corrected chi connectivity index (χ3v) is 9.26. The van der Waals surface area contributed by atoms with Crippen molar-refractivity contribution in [3.8, 4) is 23.0 Å². The van der Waals surface area contributed by atoms with Crippen LogP contribution in [0.1, 0.15) is 81.8 Å². The monoisotopic (exact) mass is 782 g/mol. The number of hydrogen-bond donors (Lipinski definition) is 1.